The Labute approximate surface area is 208 Å². The third-order valence-corrected chi connectivity index (χ3v) is 7.88. The molecule has 4 aliphatic rings. The molecule has 0 aliphatic carbocycles. The fraction of sp³-hybridized carbons (Fsp3) is 0.357. The van der Waals surface area contributed by atoms with Crippen molar-refractivity contribution in [2.75, 3.05) is 38.3 Å². The highest BCUT2D eigenvalue weighted by molar-refractivity contribution is 5.95. The first-order chi connectivity index (χ1) is 17.7. The largest absolute Gasteiger partial charge is 0.491 e. The maximum atomic E-state index is 15.0. The van der Waals surface area contributed by atoms with Gasteiger partial charge in [0.2, 0.25) is 0 Å². The van der Waals surface area contributed by atoms with E-state index < -0.39 is 0 Å². The van der Waals surface area contributed by atoms with Gasteiger partial charge in [0, 0.05) is 48.1 Å². The first kappa shape index (κ1) is 21.8. The Morgan fingerprint density at radius 3 is 2.83 bits per heavy atom. The summed E-state index contributed by atoms with van der Waals surface area (Å²) in [5, 5.41) is 8.59. The number of pyridine rings is 1. The van der Waals surface area contributed by atoms with Crippen molar-refractivity contribution in [2.45, 2.75) is 31.5 Å². The van der Waals surface area contributed by atoms with Gasteiger partial charge in [0.25, 0.3) is 0 Å². The molecule has 2 unspecified atom stereocenters. The molecule has 36 heavy (non-hydrogen) atoms. The molecule has 0 saturated carbocycles. The Morgan fingerprint density at radius 1 is 1.08 bits per heavy atom. The number of hydrogen-bond donors (Lipinski definition) is 1. The van der Waals surface area contributed by atoms with Crippen molar-refractivity contribution >= 4 is 16.6 Å². The van der Waals surface area contributed by atoms with Crippen LogP contribution in [0.1, 0.15) is 18.4 Å². The number of anilines is 1. The number of halogens is 1. The van der Waals surface area contributed by atoms with Crippen molar-refractivity contribution in [3.63, 3.8) is 0 Å². The van der Waals surface area contributed by atoms with Gasteiger partial charge >= 0.3 is 0 Å². The van der Waals surface area contributed by atoms with Crippen LogP contribution in [0.3, 0.4) is 0 Å². The van der Waals surface area contributed by atoms with Crippen LogP contribution in [-0.4, -0.2) is 65.5 Å². The van der Waals surface area contributed by atoms with Crippen molar-refractivity contribution in [3.05, 3.63) is 60.0 Å². The third kappa shape index (κ3) is 3.55. The molecule has 0 amide bonds. The van der Waals surface area contributed by atoms with E-state index in [0.29, 0.717) is 43.2 Å². The van der Waals surface area contributed by atoms with E-state index in [1.807, 2.05) is 12.1 Å². The van der Waals surface area contributed by atoms with Gasteiger partial charge in [-0.2, -0.15) is 5.10 Å². The molecule has 4 aliphatic heterocycles. The van der Waals surface area contributed by atoms with Gasteiger partial charge in [-0.3, -0.25) is 15.0 Å². The van der Waals surface area contributed by atoms with E-state index in [1.54, 1.807) is 12.3 Å². The first-order valence-electron chi connectivity index (χ1n) is 12.6. The summed E-state index contributed by atoms with van der Waals surface area (Å²) < 4.78 is 27.3. The summed E-state index contributed by atoms with van der Waals surface area (Å²) >= 11 is 0. The molecule has 2 aromatic carbocycles. The van der Waals surface area contributed by atoms with Crippen LogP contribution in [0.15, 0.2) is 48.7 Å². The van der Waals surface area contributed by atoms with Crippen LogP contribution in [0.2, 0.25) is 0 Å². The number of benzene rings is 2. The smallest absolute Gasteiger partial charge is 0.143 e. The molecule has 3 saturated heterocycles. The second-order valence-electron chi connectivity index (χ2n) is 10.0. The molecule has 2 aromatic heterocycles. The normalized spacial score (nSPS) is 21.9. The Kier molecular flexibility index (Phi) is 5.18. The molecule has 4 aromatic rings. The van der Waals surface area contributed by atoms with Gasteiger partial charge in [-0.25, -0.2) is 4.39 Å². The molecular formula is C28H28FN5O2. The van der Waals surface area contributed by atoms with E-state index in [-0.39, 0.29) is 5.82 Å². The molecular weight excluding hydrogens is 457 g/mol. The number of nitrogens with zero attached hydrogens (tertiary/aromatic N) is 4. The van der Waals surface area contributed by atoms with Crippen molar-refractivity contribution in [3.8, 4) is 28.3 Å². The standard InChI is InChI=1S/C28H28FN5O2/c1-33-19-11-20(33)15-34(14-19)25-7-6-17-10-26(25)36-9-3-8-35-16-18-4-2-5-22(29)27(18)23-12-21-24(13-30-23)31-32-28(17)21/h2,4-7,10,12-13,19-20H,3,8-9,11,14-16H2,1H3,(H,31,32). The summed E-state index contributed by atoms with van der Waals surface area (Å²) in [7, 11) is 2.22. The Morgan fingerprint density at radius 2 is 1.97 bits per heavy atom. The molecule has 8 heteroatoms. The van der Waals surface area contributed by atoms with E-state index in [4.69, 9.17) is 9.47 Å². The zero-order valence-corrected chi connectivity index (χ0v) is 20.2. The van der Waals surface area contributed by atoms with Crippen LogP contribution >= 0.6 is 0 Å². The Balaban J connectivity index is 1.34. The molecule has 6 heterocycles. The molecule has 8 rings (SSSR count). The minimum Gasteiger partial charge on any atom is -0.491 e. The quantitative estimate of drug-likeness (QED) is 0.424. The van der Waals surface area contributed by atoms with Gasteiger partial charge in [-0.05, 0) is 43.3 Å². The van der Waals surface area contributed by atoms with Crippen LogP contribution in [-0.2, 0) is 11.3 Å². The van der Waals surface area contributed by atoms with Crippen molar-refractivity contribution in [1.82, 2.24) is 20.1 Å². The summed E-state index contributed by atoms with van der Waals surface area (Å²) in [6.45, 7) is 3.40. The summed E-state index contributed by atoms with van der Waals surface area (Å²) in [4.78, 5) is 9.48. The number of H-pyrrole nitrogens is 1. The molecule has 3 fully saturated rings. The van der Waals surface area contributed by atoms with Crippen LogP contribution in [0, 0.1) is 5.82 Å². The second-order valence-corrected chi connectivity index (χ2v) is 10.0. The van der Waals surface area contributed by atoms with Gasteiger partial charge in [0.1, 0.15) is 17.3 Å². The lowest BCUT2D eigenvalue weighted by atomic mass is 9.88. The molecule has 1 N–H and O–H groups in total. The first-order valence-corrected chi connectivity index (χ1v) is 12.6. The van der Waals surface area contributed by atoms with Crippen LogP contribution in [0.4, 0.5) is 10.1 Å². The number of rotatable bonds is 1. The number of aromatic nitrogens is 3. The minimum absolute atomic E-state index is 0.308. The van der Waals surface area contributed by atoms with Crippen LogP contribution in [0.5, 0.6) is 5.75 Å². The third-order valence-electron chi connectivity index (χ3n) is 7.88. The molecule has 184 valence electrons. The highest BCUT2D eigenvalue weighted by Crippen LogP contribution is 2.40. The Hall–Kier alpha value is -3.49. The van der Waals surface area contributed by atoms with E-state index in [0.717, 1.165) is 58.7 Å². The van der Waals surface area contributed by atoms with Gasteiger partial charge < -0.3 is 14.4 Å². The number of piperazine rings is 1. The molecule has 2 atom stereocenters. The number of hydrogen-bond acceptors (Lipinski definition) is 6. The van der Waals surface area contributed by atoms with Gasteiger partial charge in [-0.1, -0.05) is 18.2 Å². The van der Waals surface area contributed by atoms with E-state index >= 15 is 0 Å². The maximum absolute atomic E-state index is 15.0. The lowest BCUT2D eigenvalue weighted by molar-refractivity contribution is 0.0261. The molecule has 7 nitrogen and oxygen atoms in total. The zero-order chi connectivity index (χ0) is 24.2. The highest BCUT2D eigenvalue weighted by Gasteiger charge is 2.42. The van der Waals surface area contributed by atoms with Gasteiger partial charge in [-0.15, -0.1) is 0 Å². The zero-order valence-electron chi connectivity index (χ0n) is 20.2. The number of nitrogens with one attached hydrogen (secondary N) is 1. The van der Waals surface area contributed by atoms with Crippen molar-refractivity contribution in [1.29, 1.82) is 0 Å². The fourth-order valence-corrected chi connectivity index (χ4v) is 5.81. The summed E-state index contributed by atoms with van der Waals surface area (Å²) in [6.07, 6.45) is 3.73. The minimum atomic E-state index is -0.308. The average molecular weight is 486 g/mol. The molecule has 0 spiro atoms. The summed E-state index contributed by atoms with van der Waals surface area (Å²) in [5.41, 5.74) is 5.51. The van der Waals surface area contributed by atoms with Crippen molar-refractivity contribution in [2.24, 2.45) is 0 Å². The van der Waals surface area contributed by atoms with Gasteiger partial charge in [0.15, 0.2) is 0 Å². The lowest BCUT2D eigenvalue weighted by Crippen LogP contribution is -2.67. The predicted octanol–water partition coefficient (Wildman–Crippen LogP) is 4.62. The summed E-state index contributed by atoms with van der Waals surface area (Å²) in [5.74, 6) is 0.559. The van der Waals surface area contributed by atoms with Crippen LogP contribution < -0.4 is 9.64 Å². The van der Waals surface area contributed by atoms with E-state index in [9.17, 15) is 4.39 Å². The lowest BCUT2D eigenvalue weighted by Gasteiger charge is -2.55. The fourth-order valence-electron chi connectivity index (χ4n) is 5.81. The topological polar surface area (TPSA) is 66.5 Å². The average Bonchev–Trinajstić information content (AvgIpc) is 3.33. The highest BCUT2D eigenvalue weighted by atomic mass is 19.1. The monoisotopic (exact) mass is 485 g/mol. The van der Waals surface area contributed by atoms with Gasteiger partial charge in [0.05, 0.1) is 42.9 Å². The van der Waals surface area contributed by atoms with Crippen molar-refractivity contribution < 1.29 is 13.9 Å². The van der Waals surface area contributed by atoms with Crippen LogP contribution in [0.25, 0.3) is 33.4 Å². The molecule has 6 bridgehead atoms. The number of aromatic amines is 1. The maximum Gasteiger partial charge on any atom is 0.143 e. The second kappa shape index (κ2) is 8.57. The van der Waals surface area contributed by atoms with E-state index in [2.05, 4.69) is 50.2 Å². The summed E-state index contributed by atoms with van der Waals surface area (Å²) in [6, 6.07) is 14.6. The predicted molar refractivity (Wildman–Crippen MR) is 137 cm³/mol. The molecule has 0 radical (unpaired) electrons. The number of piperidine rings is 1. The Bertz CT molecular complexity index is 1440. The number of likely N-dealkylation sites (N-methyl/N-ethyl adjacent to an activating group) is 1. The number of fused-ring (bicyclic) bond motifs is 8. The number of ether oxygens (including phenoxy) is 2. The van der Waals surface area contributed by atoms with E-state index in [1.165, 1.54) is 12.5 Å². The SMILES string of the molecule is CN1C2CC1CN(c1ccc3cc1OCCCOCc1cccc(F)c1-c1cc4c-3n[nH]c4cn1)C2.